The van der Waals surface area contributed by atoms with Crippen molar-refractivity contribution in [2.24, 2.45) is 0 Å². The van der Waals surface area contributed by atoms with Gasteiger partial charge in [-0.15, -0.1) is 6.42 Å². The third-order valence-electron chi connectivity index (χ3n) is 3.20. The van der Waals surface area contributed by atoms with Crippen molar-refractivity contribution in [3.05, 3.63) is 83.9 Å². The van der Waals surface area contributed by atoms with Gasteiger partial charge in [0, 0.05) is 11.1 Å². The van der Waals surface area contributed by atoms with Gasteiger partial charge < -0.3 is 4.74 Å². The van der Waals surface area contributed by atoms with Crippen LogP contribution in [0, 0.1) is 12.3 Å². The highest BCUT2D eigenvalue weighted by atomic mass is 16.5. The largest absolute Gasteiger partial charge is 0.350 e. The van der Waals surface area contributed by atoms with E-state index >= 15 is 0 Å². The van der Waals surface area contributed by atoms with E-state index in [9.17, 15) is 0 Å². The maximum atomic E-state index is 6.07. The van der Waals surface area contributed by atoms with Gasteiger partial charge in [-0.05, 0) is 6.92 Å². The summed E-state index contributed by atoms with van der Waals surface area (Å²) in [5.74, 6) is 2.85. The molecule has 2 aromatic rings. The topological polar surface area (TPSA) is 9.23 Å². The fraction of sp³-hybridized carbons (Fsp3) is 0.158. The Hall–Kier alpha value is -2.30. The minimum atomic E-state index is -0.845. The first kappa shape index (κ1) is 14.1. The van der Waals surface area contributed by atoms with Crippen LogP contribution in [0.2, 0.25) is 0 Å². The molecular formula is C19H18O. The summed E-state index contributed by atoms with van der Waals surface area (Å²) in [7, 11) is 0. The van der Waals surface area contributed by atoms with Crippen molar-refractivity contribution >= 4 is 0 Å². The molecule has 0 unspecified atom stereocenters. The van der Waals surface area contributed by atoms with Crippen LogP contribution in [0.15, 0.2) is 72.8 Å². The average molecular weight is 262 g/mol. The molecule has 2 aromatic carbocycles. The number of rotatable bonds is 5. The molecule has 100 valence electrons. The average Bonchev–Trinajstić information content (AvgIpc) is 2.54. The summed E-state index contributed by atoms with van der Waals surface area (Å²) in [5.41, 5.74) is 1.10. The molecular weight excluding hydrogens is 244 g/mol. The molecule has 0 aliphatic heterocycles. The highest BCUT2D eigenvalue weighted by Crippen LogP contribution is 2.33. The van der Waals surface area contributed by atoms with E-state index in [1.807, 2.05) is 79.7 Å². The van der Waals surface area contributed by atoms with Crippen molar-refractivity contribution in [2.75, 3.05) is 6.61 Å². The fourth-order valence-corrected chi connectivity index (χ4v) is 2.16. The van der Waals surface area contributed by atoms with Gasteiger partial charge in [0.15, 0.2) is 5.60 Å². The van der Waals surface area contributed by atoms with Crippen LogP contribution in [0.3, 0.4) is 0 Å². The van der Waals surface area contributed by atoms with Crippen LogP contribution in [0.1, 0.15) is 18.1 Å². The molecule has 0 amide bonds. The zero-order valence-corrected chi connectivity index (χ0v) is 11.6. The van der Waals surface area contributed by atoms with Gasteiger partial charge in [-0.2, -0.15) is 0 Å². The molecule has 0 fully saturated rings. The zero-order valence-electron chi connectivity index (χ0n) is 11.6. The summed E-state index contributed by atoms with van der Waals surface area (Å²) in [4.78, 5) is 0. The van der Waals surface area contributed by atoms with Gasteiger partial charge in [0.05, 0.1) is 6.61 Å². The van der Waals surface area contributed by atoms with Crippen LogP contribution in [-0.2, 0) is 10.3 Å². The number of hydrogen-bond donors (Lipinski definition) is 0. The molecule has 0 saturated heterocycles. The molecule has 0 bridgehead atoms. The van der Waals surface area contributed by atoms with Gasteiger partial charge in [0.1, 0.15) is 0 Å². The number of ether oxygens (including phenoxy) is 1. The minimum Gasteiger partial charge on any atom is -0.350 e. The third-order valence-corrected chi connectivity index (χ3v) is 3.20. The SMILES string of the molecule is C#CC(OC/C=C/C)(c1ccccc1)c1ccccc1. The lowest BCUT2D eigenvalue weighted by Gasteiger charge is -2.29. The van der Waals surface area contributed by atoms with Crippen molar-refractivity contribution in [3.63, 3.8) is 0 Å². The van der Waals surface area contributed by atoms with E-state index in [1.54, 1.807) is 0 Å². The Bertz CT molecular complexity index is 551. The Morgan fingerprint density at radius 1 is 1.00 bits per heavy atom. The Kier molecular flexibility index (Phi) is 4.76. The van der Waals surface area contributed by atoms with Gasteiger partial charge in [-0.3, -0.25) is 0 Å². The Morgan fingerprint density at radius 3 is 1.90 bits per heavy atom. The van der Waals surface area contributed by atoms with E-state index < -0.39 is 5.60 Å². The summed E-state index contributed by atoms with van der Waals surface area (Å²) in [6.45, 7) is 2.44. The van der Waals surface area contributed by atoms with Crippen LogP contribution < -0.4 is 0 Å². The molecule has 2 rings (SSSR count). The van der Waals surface area contributed by atoms with Gasteiger partial charge in [0.25, 0.3) is 0 Å². The van der Waals surface area contributed by atoms with Crippen molar-refractivity contribution in [1.82, 2.24) is 0 Å². The first-order valence-corrected chi connectivity index (χ1v) is 6.67. The molecule has 0 aliphatic rings. The predicted octanol–water partition coefficient (Wildman–Crippen LogP) is 4.16. The second-order valence-corrected chi connectivity index (χ2v) is 4.44. The molecule has 20 heavy (non-hydrogen) atoms. The molecule has 0 aliphatic carbocycles. The van der Waals surface area contributed by atoms with Crippen molar-refractivity contribution < 1.29 is 4.74 Å². The second-order valence-electron chi connectivity index (χ2n) is 4.44. The smallest absolute Gasteiger partial charge is 0.179 e. The summed E-state index contributed by atoms with van der Waals surface area (Å²) < 4.78 is 6.07. The Morgan fingerprint density at radius 2 is 1.50 bits per heavy atom. The van der Waals surface area contributed by atoms with Crippen molar-refractivity contribution in [2.45, 2.75) is 12.5 Å². The molecule has 0 spiro atoms. The van der Waals surface area contributed by atoms with E-state index in [4.69, 9.17) is 11.2 Å². The molecule has 0 atom stereocenters. The standard InChI is InChI=1S/C19H18O/c1-3-5-16-20-19(4-2,17-12-8-6-9-13-17)18-14-10-7-11-15-18/h2-3,5-15H,16H2,1H3/b5-3+. The maximum absolute atomic E-state index is 6.07. The lowest BCUT2D eigenvalue weighted by atomic mass is 9.87. The normalized spacial score (nSPS) is 11.4. The van der Waals surface area contributed by atoms with Gasteiger partial charge in [-0.1, -0.05) is 78.7 Å². The zero-order chi connectivity index (χ0) is 14.3. The Balaban J connectivity index is 2.50. The lowest BCUT2D eigenvalue weighted by molar-refractivity contribution is 0.0466. The summed E-state index contributed by atoms with van der Waals surface area (Å²) >= 11 is 0. The van der Waals surface area contributed by atoms with E-state index in [1.165, 1.54) is 0 Å². The van der Waals surface area contributed by atoms with Crippen LogP contribution in [0.25, 0.3) is 0 Å². The van der Waals surface area contributed by atoms with Crippen molar-refractivity contribution in [3.8, 4) is 12.3 Å². The molecule has 0 aromatic heterocycles. The second kappa shape index (κ2) is 6.75. The van der Waals surface area contributed by atoms with Gasteiger partial charge in [-0.25, -0.2) is 0 Å². The molecule has 1 nitrogen and oxygen atoms in total. The first-order chi connectivity index (χ1) is 9.83. The number of benzene rings is 2. The summed E-state index contributed by atoms with van der Waals surface area (Å²) in [6.07, 6.45) is 9.77. The summed E-state index contributed by atoms with van der Waals surface area (Å²) in [5, 5.41) is 0. The van der Waals surface area contributed by atoms with Gasteiger partial charge in [0.2, 0.25) is 0 Å². The lowest BCUT2D eigenvalue weighted by Crippen LogP contribution is -2.29. The Labute approximate surface area is 120 Å². The first-order valence-electron chi connectivity index (χ1n) is 6.67. The third kappa shape index (κ3) is 2.82. The predicted molar refractivity (Wildman–Crippen MR) is 83.3 cm³/mol. The quantitative estimate of drug-likeness (QED) is 0.581. The highest BCUT2D eigenvalue weighted by Gasteiger charge is 2.32. The van der Waals surface area contributed by atoms with E-state index in [0.29, 0.717) is 6.61 Å². The number of allylic oxidation sites excluding steroid dienone is 1. The molecule has 0 heterocycles. The van der Waals surface area contributed by atoms with Crippen LogP contribution in [-0.4, -0.2) is 6.61 Å². The maximum Gasteiger partial charge on any atom is 0.179 e. The van der Waals surface area contributed by atoms with E-state index in [-0.39, 0.29) is 0 Å². The van der Waals surface area contributed by atoms with Crippen LogP contribution in [0.5, 0.6) is 0 Å². The van der Waals surface area contributed by atoms with Crippen molar-refractivity contribution in [1.29, 1.82) is 0 Å². The number of hydrogen-bond acceptors (Lipinski definition) is 1. The molecule has 0 radical (unpaired) electrons. The summed E-state index contributed by atoms with van der Waals surface area (Å²) in [6, 6.07) is 19.9. The van der Waals surface area contributed by atoms with Crippen LogP contribution >= 0.6 is 0 Å². The van der Waals surface area contributed by atoms with E-state index in [0.717, 1.165) is 11.1 Å². The monoisotopic (exact) mass is 262 g/mol. The van der Waals surface area contributed by atoms with E-state index in [2.05, 4.69) is 5.92 Å². The number of terminal acetylenes is 1. The molecule has 0 saturated carbocycles. The highest BCUT2D eigenvalue weighted by molar-refractivity contribution is 5.44. The molecule has 1 heteroatoms. The minimum absolute atomic E-state index is 0.477. The van der Waals surface area contributed by atoms with Gasteiger partial charge >= 0.3 is 0 Å². The van der Waals surface area contributed by atoms with Crippen LogP contribution in [0.4, 0.5) is 0 Å². The molecule has 0 N–H and O–H groups in total. The fourth-order valence-electron chi connectivity index (χ4n) is 2.16.